The first-order valence-corrected chi connectivity index (χ1v) is 6.98. The van der Waals surface area contributed by atoms with Gasteiger partial charge in [0.25, 0.3) is 0 Å². The normalized spacial score (nSPS) is 18.8. The van der Waals surface area contributed by atoms with Gasteiger partial charge in [0.05, 0.1) is 11.9 Å². The van der Waals surface area contributed by atoms with Crippen molar-refractivity contribution in [2.75, 3.05) is 24.1 Å². The van der Waals surface area contributed by atoms with Crippen LogP contribution in [0, 0.1) is 0 Å². The monoisotopic (exact) mass is 258 g/mol. The predicted molar refractivity (Wildman–Crippen MR) is 63.9 cm³/mol. The van der Waals surface area contributed by atoms with Gasteiger partial charge in [0.1, 0.15) is 12.7 Å². The Morgan fingerprint density at radius 1 is 1.47 bits per heavy atom. The Kier molecular flexibility index (Phi) is 3.12. The van der Waals surface area contributed by atoms with Crippen LogP contribution in [0.4, 0.5) is 5.69 Å². The third-order valence-corrected chi connectivity index (χ3v) is 2.83. The molecule has 0 radical (unpaired) electrons. The zero-order chi connectivity index (χ0) is 12.5. The number of nitrogens with one attached hydrogen (secondary N) is 1. The summed E-state index contributed by atoms with van der Waals surface area (Å²) in [6, 6.07) is 4.86. The number of sulfonamides is 1. The van der Waals surface area contributed by atoms with Crippen LogP contribution in [0.25, 0.3) is 0 Å². The van der Waals surface area contributed by atoms with Gasteiger partial charge in [-0.2, -0.15) is 0 Å². The third kappa shape index (κ3) is 3.01. The van der Waals surface area contributed by atoms with Crippen LogP contribution in [0.3, 0.4) is 0 Å². The van der Waals surface area contributed by atoms with Crippen LogP contribution in [-0.4, -0.2) is 33.9 Å². The molecule has 1 unspecified atom stereocenters. The quantitative estimate of drug-likeness (QED) is 0.805. The van der Waals surface area contributed by atoms with Crippen molar-refractivity contribution >= 4 is 15.7 Å². The van der Waals surface area contributed by atoms with Crippen LogP contribution >= 0.6 is 0 Å². The van der Waals surface area contributed by atoms with Gasteiger partial charge in [-0.3, -0.25) is 4.72 Å². The van der Waals surface area contributed by atoms with Gasteiger partial charge in [-0.15, -0.1) is 0 Å². The second-order valence-electron chi connectivity index (χ2n) is 3.82. The second kappa shape index (κ2) is 4.42. The zero-order valence-corrected chi connectivity index (χ0v) is 10.2. The number of rotatable bonds is 3. The number of hydrogen-bond donors (Lipinski definition) is 2. The summed E-state index contributed by atoms with van der Waals surface area (Å²) in [5, 5.41) is 0. The van der Waals surface area contributed by atoms with E-state index in [4.69, 9.17) is 15.2 Å². The molecule has 6 nitrogen and oxygen atoms in total. The van der Waals surface area contributed by atoms with Crippen molar-refractivity contribution in [1.29, 1.82) is 0 Å². The van der Waals surface area contributed by atoms with Gasteiger partial charge in [-0.05, 0) is 12.1 Å². The number of hydrogen-bond acceptors (Lipinski definition) is 5. The molecule has 1 aromatic carbocycles. The Morgan fingerprint density at radius 2 is 2.24 bits per heavy atom. The number of ether oxygens (including phenoxy) is 2. The minimum atomic E-state index is -3.29. The molecule has 0 saturated heterocycles. The van der Waals surface area contributed by atoms with Crippen LogP contribution < -0.4 is 19.9 Å². The van der Waals surface area contributed by atoms with Crippen molar-refractivity contribution in [3.8, 4) is 11.5 Å². The molecule has 1 atom stereocenters. The molecular weight excluding hydrogens is 244 g/mol. The van der Waals surface area contributed by atoms with Gasteiger partial charge in [0.15, 0.2) is 11.5 Å². The zero-order valence-electron chi connectivity index (χ0n) is 9.34. The van der Waals surface area contributed by atoms with E-state index in [9.17, 15) is 8.42 Å². The fourth-order valence-electron chi connectivity index (χ4n) is 1.51. The van der Waals surface area contributed by atoms with Crippen molar-refractivity contribution < 1.29 is 17.9 Å². The molecule has 3 N–H and O–H groups in total. The maximum Gasteiger partial charge on any atom is 0.229 e. The van der Waals surface area contributed by atoms with Crippen molar-refractivity contribution in [2.24, 2.45) is 5.73 Å². The molecule has 94 valence electrons. The van der Waals surface area contributed by atoms with Crippen LogP contribution in [0.2, 0.25) is 0 Å². The Bertz CT molecular complexity index is 515. The van der Waals surface area contributed by atoms with Crippen molar-refractivity contribution in [3.63, 3.8) is 0 Å². The Balaban J connectivity index is 2.24. The highest BCUT2D eigenvalue weighted by Crippen LogP contribution is 2.34. The average molecular weight is 258 g/mol. The molecule has 1 aromatic rings. The molecular formula is C10H14N2O4S. The highest BCUT2D eigenvalue weighted by atomic mass is 32.2. The van der Waals surface area contributed by atoms with Crippen LogP contribution in [0.15, 0.2) is 18.2 Å². The van der Waals surface area contributed by atoms with Gasteiger partial charge >= 0.3 is 0 Å². The standard InChI is InChI=1S/C10H14N2O4S/c1-17(13,14)12-7-2-3-9-10(4-7)16-8(5-11)6-15-9/h2-4,8,12H,5-6,11H2,1H3. The third-order valence-electron chi connectivity index (χ3n) is 2.23. The van der Waals surface area contributed by atoms with E-state index >= 15 is 0 Å². The van der Waals surface area contributed by atoms with E-state index in [2.05, 4.69) is 4.72 Å². The molecule has 7 heteroatoms. The second-order valence-corrected chi connectivity index (χ2v) is 5.57. The lowest BCUT2D eigenvalue weighted by atomic mass is 10.2. The van der Waals surface area contributed by atoms with Crippen LogP contribution in [0.1, 0.15) is 0 Å². The fraction of sp³-hybridized carbons (Fsp3) is 0.400. The molecule has 0 aromatic heterocycles. The van der Waals surface area contributed by atoms with Crippen molar-refractivity contribution in [2.45, 2.75) is 6.10 Å². The minimum Gasteiger partial charge on any atom is -0.486 e. The first kappa shape index (κ1) is 12.0. The van der Waals surface area contributed by atoms with E-state index in [1.807, 2.05) is 0 Å². The molecule has 0 saturated carbocycles. The van der Waals surface area contributed by atoms with Crippen LogP contribution in [-0.2, 0) is 10.0 Å². The molecule has 0 fully saturated rings. The molecule has 1 heterocycles. The first-order chi connectivity index (χ1) is 7.98. The van der Waals surface area contributed by atoms with E-state index < -0.39 is 10.0 Å². The molecule has 17 heavy (non-hydrogen) atoms. The molecule has 0 amide bonds. The van der Waals surface area contributed by atoms with E-state index in [1.165, 1.54) is 0 Å². The number of benzene rings is 1. The highest BCUT2D eigenvalue weighted by molar-refractivity contribution is 7.92. The Hall–Kier alpha value is -1.47. The molecule has 2 rings (SSSR count). The summed E-state index contributed by atoms with van der Waals surface area (Å²) in [4.78, 5) is 0. The van der Waals surface area contributed by atoms with E-state index in [1.54, 1.807) is 18.2 Å². The molecule has 1 aliphatic rings. The number of fused-ring (bicyclic) bond motifs is 1. The van der Waals surface area contributed by atoms with E-state index in [0.29, 0.717) is 30.3 Å². The predicted octanol–water partition coefficient (Wildman–Crippen LogP) is 0.157. The summed E-state index contributed by atoms with van der Waals surface area (Å²) in [5.41, 5.74) is 5.92. The maximum atomic E-state index is 11.1. The molecule has 0 bridgehead atoms. The first-order valence-electron chi connectivity index (χ1n) is 5.09. The largest absolute Gasteiger partial charge is 0.486 e. The smallest absolute Gasteiger partial charge is 0.229 e. The Morgan fingerprint density at radius 3 is 2.88 bits per heavy atom. The van der Waals surface area contributed by atoms with E-state index in [-0.39, 0.29) is 6.10 Å². The molecule has 0 aliphatic carbocycles. The lowest BCUT2D eigenvalue weighted by Gasteiger charge is -2.25. The van der Waals surface area contributed by atoms with Gasteiger partial charge in [0.2, 0.25) is 10.0 Å². The maximum absolute atomic E-state index is 11.1. The van der Waals surface area contributed by atoms with Gasteiger partial charge in [-0.25, -0.2) is 8.42 Å². The SMILES string of the molecule is CS(=O)(=O)Nc1ccc2c(c1)OC(CN)CO2. The fourth-order valence-corrected chi connectivity index (χ4v) is 2.06. The topological polar surface area (TPSA) is 90.7 Å². The lowest BCUT2D eigenvalue weighted by Crippen LogP contribution is -2.35. The lowest BCUT2D eigenvalue weighted by molar-refractivity contribution is 0.0970. The summed E-state index contributed by atoms with van der Waals surface area (Å²) < 4.78 is 35.5. The van der Waals surface area contributed by atoms with Gasteiger partial charge < -0.3 is 15.2 Å². The summed E-state index contributed by atoms with van der Waals surface area (Å²) in [7, 11) is -3.29. The number of anilines is 1. The highest BCUT2D eigenvalue weighted by Gasteiger charge is 2.20. The van der Waals surface area contributed by atoms with Crippen LogP contribution in [0.5, 0.6) is 11.5 Å². The van der Waals surface area contributed by atoms with Gasteiger partial charge in [0, 0.05) is 12.6 Å². The van der Waals surface area contributed by atoms with Crippen molar-refractivity contribution in [3.05, 3.63) is 18.2 Å². The summed E-state index contributed by atoms with van der Waals surface area (Å²) in [6.45, 7) is 0.755. The summed E-state index contributed by atoms with van der Waals surface area (Å²) in [5.74, 6) is 1.09. The Labute approximate surface area is 99.8 Å². The molecule has 0 spiro atoms. The van der Waals surface area contributed by atoms with Crippen molar-refractivity contribution in [1.82, 2.24) is 0 Å². The summed E-state index contributed by atoms with van der Waals surface area (Å²) >= 11 is 0. The summed E-state index contributed by atoms with van der Waals surface area (Å²) in [6.07, 6.45) is 0.892. The molecule has 1 aliphatic heterocycles. The average Bonchev–Trinajstić information content (AvgIpc) is 2.26. The van der Waals surface area contributed by atoms with E-state index in [0.717, 1.165) is 6.26 Å². The number of nitrogens with two attached hydrogens (primary N) is 1. The minimum absolute atomic E-state index is 0.198. The van der Waals surface area contributed by atoms with Gasteiger partial charge in [-0.1, -0.05) is 0 Å².